The highest BCUT2D eigenvalue weighted by Crippen LogP contribution is 2.15. The average Bonchev–Trinajstić information content (AvgIpc) is 2.12. The van der Waals surface area contributed by atoms with E-state index in [0.29, 0.717) is 13.2 Å². The third-order valence-electron chi connectivity index (χ3n) is 2.85. The molecule has 4 nitrogen and oxygen atoms in total. The zero-order valence-electron chi connectivity index (χ0n) is 8.82. The molecule has 2 unspecified atom stereocenters. The van der Waals surface area contributed by atoms with Crippen molar-refractivity contribution in [3.63, 3.8) is 0 Å². The predicted octanol–water partition coefficient (Wildman–Crippen LogP) is 0.156. The van der Waals surface area contributed by atoms with E-state index in [0.717, 1.165) is 6.42 Å². The molecule has 0 aliphatic carbocycles. The molecule has 0 spiro atoms. The summed E-state index contributed by atoms with van der Waals surface area (Å²) in [5.74, 6) is -0.100. The first kappa shape index (κ1) is 11.5. The molecule has 1 fully saturated rings. The number of amides is 1. The Morgan fingerprint density at radius 1 is 1.64 bits per heavy atom. The minimum atomic E-state index is -0.277. The smallest absolute Gasteiger partial charge is 0.226 e. The Bertz CT molecular complexity index is 192. The van der Waals surface area contributed by atoms with E-state index in [2.05, 4.69) is 5.32 Å². The van der Waals surface area contributed by atoms with Gasteiger partial charge in [0.2, 0.25) is 5.91 Å². The van der Waals surface area contributed by atoms with Crippen LogP contribution in [0.25, 0.3) is 0 Å². The van der Waals surface area contributed by atoms with Crippen LogP contribution in [0.3, 0.4) is 0 Å². The van der Waals surface area contributed by atoms with E-state index in [4.69, 9.17) is 9.84 Å². The van der Waals surface area contributed by atoms with Gasteiger partial charge in [-0.3, -0.25) is 4.79 Å². The molecule has 2 atom stereocenters. The average molecular weight is 201 g/mol. The van der Waals surface area contributed by atoms with E-state index >= 15 is 0 Å². The van der Waals surface area contributed by atoms with Crippen LogP contribution in [0.15, 0.2) is 0 Å². The lowest BCUT2D eigenvalue weighted by Crippen LogP contribution is -2.51. The summed E-state index contributed by atoms with van der Waals surface area (Å²) in [4.78, 5) is 11.7. The summed E-state index contributed by atoms with van der Waals surface area (Å²) < 4.78 is 4.96. The predicted molar refractivity (Wildman–Crippen MR) is 52.8 cm³/mol. The maximum absolute atomic E-state index is 11.7. The zero-order valence-corrected chi connectivity index (χ0v) is 8.82. The molecule has 0 aromatic heterocycles. The van der Waals surface area contributed by atoms with Crippen LogP contribution >= 0.6 is 0 Å². The van der Waals surface area contributed by atoms with Gasteiger partial charge < -0.3 is 15.2 Å². The molecule has 1 saturated heterocycles. The number of hydrogen-bond donors (Lipinski definition) is 2. The topological polar surface area (TPSA) is 58.6 Å². The van der Waals surface area contributed by atoms with Gasteiger partial charge in [-0.1, -0.05) is 20.3 Å². The van der Waals surface area contributed by atoms with Crippen LogP contribution in [-0.2, 0) is 9.53 Å². The van der Waals surface area contributed by atoms with Crippen LogP contribution in [0.5, 0.6) is 0 Å². The van der Waals surface area contributed by atoms with Crippen LogP contribution in [0.1, 0.15) is 20.3 Å². The van der Waals surface area contributed by atoms with Crippen molar-refractivity contribution in [1.82, 2.24) is 5.32 Å². The van der Waals surface area contributed by atoms with Crippen molar-refractivity contribution < 1.29 is 14.6 Å². The Balaban J connectivity index is 2.38. The van der Waals surface area contributed by atoms with Gasteiger partial charge in [-0.2, -0.15) is 0 Å². The number of ether oxygens (including phenoxy) is 1. The minimum absolute atomic E-state index is 0.0462. The first-order valence-corrected chi connectivity index (χ1v) is 5.18. The molecule has 2 N–H and O–H groups in total. The second kappa shape index (κ2) is 5.32. The Hall–Kier alpha value is -0.610. The molecule has 1 heterocycles. The van der Waals surface area contributed by atoms with Crippen LogP contribution in [0, 0.1) is 11.8 Å². The lowest BCUT2D eigenvalue weighted by Gasteiger charge is -2.29. The Kier molecular flexibility index (Phi) is 4.35. The third-order valence-corrected chi connectivity index (χ3v) is 2.85. The summed E-state index contributed by atoms with van der Waals surface area (Å²) in [6.45, 7) is 5.13. The van der Waals surface area contributed by atoms with Gasteiger partial charge in [0, 0.05) is 0 Å². The number of carbonyl (C=O) groups excluding carboxylic acids is 1. The molecular weight excluding hydrogens is 182 g/mol. The maximum Gasteiger partial charge on any atom is 0.226 e. The molecule has 0 saturated carbocycles. The first-order chi connectivity index (χ1) is 6.69. The summed E-state index contributed by atoms with van der Waals surface area (Å²) in [5, 5.41) is 12.0. The van der Waals surface area contributed by atoms with Gasteiger partial charge in [-0.15, -0.1) is 0 Å². The van der Waals surface area contributed by atoms with Crippen LogP contribution < -0.4 is 5.32 Å². The van der Waals surface area contributed by atoms with Gasteiger partial charge >= 0.3 is 0 Å². The number of hydrogen-bond acceptors (Lipinski definition) is 3. The molecule has 1 aliphatic heterocycles. The van der Waals surface area contributed by atoms with Gasteiger partial charge in [-0.25, -0.2) is 0 Å². The molecule has 82 valence electrons. The quantitative estimate of drug-likeness (QED) is 0.666. The van der Waals surface area contributed by atoms with Crippen molar-refractivity contribution in [3.8, 4) is 0 Å². The summed E-state index contributed by atoms with van der Waals surface area (Å²) >= 11 is 0. The highest BCUT2D eigenvalue weighted by Gasteiger charge is 2.27. The third kappa shape index (κ3) is 2.69. The highest BCUT2D eigenvalue weighted by molar-refractivity contribution is 5.79. The molecule has 14 heavy (non-hydrogen) atoms. The second-order valence-corrected chi connectivity index (χ2v) is 3.92. The molecule has 1 aliphatic rings. The van der Waals surface area contributed by atoms with Gasteiger partial charge in [0.25, 0.3) is 0 Å². The number of carbonyl (C=O) groups is 1. The van der Waals surface area contributed by atoms with Gasteiger partial charge in [0.15, 0.2) is 0 Å². The fourth-order valence-corrected chi connectivity index (χ4v) is 1.43. The van der Waals surface area contributed by atoms with Gasteiger partial charge in [-0.05, 0) is 5.92 Å². The van der Waals surface area contributed by atoms with E-state index in [9.17, 15) is 4.79 Å². The Morgan fingerprint density at radius 3 is 2.64 bits per heavy atom. The molecule has 4 heteroatoms. The fourth-order valence-electron chi connectivity index (χ4n) is 1.43. The van der Waals surface area contributed by atoms with Crippen molar-refractivity contribution in [2.45, 2.75) is 26.3 Å². The SMILES string of the molecule is CCC(C)C(CO)C(=O)NC1COC1. The van der Waals surface area contributed by atoms with Crippen LogP contribution in [0.4, 0.5) is 0 Å². The van der Waals surface area contributed by atoms with E-state index in [1.165, 1.54) is 0 Å². The van der Waals surface area contributed by atoms with Crippen LogP contribution in [-0.4, -0.2) is 36.9 Å². The van der Waals surface area contributed by atoms with Crippen molar-refractivity contribution in [1.29, 1.82) is 0 Å². The first-order valence-electron chi connectivity index (χ1n) is 5.18. The monoisotopic (exact) mass is 201 g/mol. The van der Waals surface area contributed by atoms with E-state index in [-0.39, 0.29) is 30.4 Å². The molecule has 1 amide bonds. The number of nitrogens with one attached hydrogen (secondary N) is 1. The summed E-state index contributed by atoms with van der Waals surface area (Å²) in [5.41, 5.74) is 0. The number of rotatable bonds is 5. The zero-order chi connectivity index (χ0) is 10.6. The van der Waals surface area contributed by atoms with Crippen molar-refractivity contribution in [2.75, 3.05) is 19.8 Å². The van der Waals surface area contributed by atoms with Crippen LogP contribution in [0.2, 0.25) is 0 Å². The summed E-state index contributed by atoms with van der Waals surface area (Å²) in [6.07, 6.45) is 0.903. The van der Waals surface area contributed by atoms with E-state index < -0.39 is 0 Å². The lowest BCUT2D eigenvalue weighted by atomic mass is 9.91. The van der Waals surface area contributed by atoms with E-state index in [1.807, 2.05) is 13.8 Å². The molecule has 0 bridgehead atoms. The molecule has 0 aromatic carbocycles. The van der Waals surface area contributed by atoms with E-state index in [1.54, 1.807) is 0 Å². The normalized spacial score (nSPS) is 21.1. The lowest BCUT2D eigenvalue weighted by molar-refractivity contribution is -0.132. The summed E-state index contributed by atoms with van der Waals surface area (Å²) in [6, 6.07) is 0.153. The van der Waals surface area contributed by atoms with Gasteiger partial charge in [0.05, 0.1) is 31.8 Å². The molecule has 0 radical (unpaired) electrons. The fraction of sp³-hybridized carbons (Fsp3) is 0.900. The standard InChI is InChI=1S/C10H19NO3/c1-3-7(2)9(4-12)10(13)11-8-5-14-6-8/h7-9,12H,3-6H2,1-2H3,(H,11,13). The minimum Gasteiger partial charge on any atom is -0.396 e. The molecule has 1 rings (SSSR count). The number of aliphatic hydroxyl groups is 1. The molecular formula is C10H19NO3. The second-order valence-electron chi connectivity index (χ2n) is 3.92. The van der Waals surface area contributed by atoms with Gasteiger partial charge in [0.1, 0.15) is 0 Å². The van der Waals surface area contributed by atoms with Crippen molar-refractivity contribution in [2.24, 2.45) is 11.8 Å². The number of aliphatic hydroxyl groups excluding tert-OH is 1. The van der Waals surface area contributed by atoms with Crippen molar-refractivity contribution in [3.05, 3.63) is 0 Å². The summed E-state index contributed by atoms with van der Waals surface area (Å²) in [7, 11) is 0. The molecule has 0 aromatic rings. The maximum atomic E-state index is 11.7. The Morgan fingerprint density at radius 2 is 2.29 bits per heavy atom. The highest BCUT2D eigenvalue weighted by atomic mass is 16.5. The van der Waals surface area contributed by atoms with Crippen molar-refractivity contribution >= 4 is 5.91 Å². The largest absolute Gasteiger partial charge is 0.396 e. The Labute approximate surface area is 84.6 Å².